The number of benzene rings is 2. The predicted molar refractivity (Wildman–Crippen MR) is 140 cm³/mol. The maximum absolute atomic E-state index is 13.7. The van der Waals surface area contributed by atoms with E-state index in [9.17, 15) is 9.59 Å². The zero-order valence-corrected chi connectivity index (χ0v) is 21.4. The Kier molecular flexibility index (Phi) is 8.57. The van der Waals surface area contributed by atoms with E-state index in [1.165, 1.54) is 0 Å². The minimum atomic E-state index is -0.158. The van der Waals surface area contributed by atoms with Gasteiger partial charge in [0.05, 0.1) is 26.0 Å². The Morgan fingerprint density at radius 1 is 0.868 bits per heavy atom. The van der Waals surface area contributed by atoms with Crippen molar-refractivity contribution in [3.63, 3.8) is 0 Å². The topological polar surface area (TPSA) is 84.7 Å². The Morgan fingerprint density at radius 3 is 2.47 bits per heavy atom. The highest BCUT2D eigenvalue weighted by Gasteiger charge is 2.24. The molecule has 38 heavy (non-hydrogen) atoms. The van der Waals surface area contributed by atoms with E-state index in [-0.39, 0.29) is 25.2 Å². The van der Waals surface area contributed by atoms with Gasteiger partial charge in [-0.2, -0.15) is 0 Å². The molecule has 2 aromatic carbocycles. The lowest BCUT2D eigenvalue weighted by Crippen LogP contribution is -2.44. The quantitative estimate of drug-likeness (QED) is 0.384. The van der Waals surface area contributed by atoms with Crippen molar-refractivity contribution in [3.8, 4) is 11.5 Å². The van der Waals surface area contributed by atoms with E-state index in [4.69, 9.17) is 18.6 Å². The lowest BCUT2D eigenvalue weighted by molar-refractivity contribution is -0.133. The molecule has 0 aliphatic carbocycles. The SMILES string of the molecule is O=C(CN(CCCN1CCOCC1)C(=O)c1ccccc1)N(Cc1ccc2c(c1)OCO2)Cc1ccco1. The molecule has 0 bridgehead atoms. The molecule has 1 aromatic heterocycles. The summed E-state index contributed by atoms with van der Waals surface area (Å²) in [5.74, 6) is 1.72. The van der Waals surface area contributed by atoms with E-state index in [2.05, 4.69) is 4.90 Å². The van der Waals surface area contributed by atoms with Crippen molar-refractivity contribution in [2.24, 2.45) is 0 Å². The van der Waals surface area contributed by atoms with Crippen LogP contribution in [0.25, 0.3) is 0 Å². The number of carbonyl (C=O) groups excluding carboxylic acids is 2. The Hall–Kier alpha value is -3.82. The molecule has 0 spiro atoms. The number of ether oxygens (including phenoxy) is 3. The van der Waals surface area contributed by atoms with Gasteiger partial charge in [0.2, 0.25) is 12.7 Å². The van der Waals surface area contributed by atoms with Crippen molar-refractivity contribution in [1.29, 1.82) is 0 Å². The van der Waals surface area contributed by atoms with Crippen molar-refractivity contribution in [2.75, 3.05) is 52.7 Å². The molecule has 9 heteroatoms. The summed E-state index contributed by atoms with van der Waals surface area (Å²) in [6, 6.07) is 18.4. The molecule has 3 aromatic rings. The van der Waals surface area contributed by atoms with Gasteiger partial charge in [0, 0.05) is 38.3 Å². The van der Waals surface area contributed by atoms with Gasteiger partial charge in [0.1, 0.15) is 12.3 Å². The Labute approximate surface area is 222 Å². The summed E-state index contributed by atoms with van der Waals surface area (Å²) >= 11 is 0. The van der Waals surface area contributed by atoms with Gasteiger partial charge in [-0.1, -0.05) is 24.3 Å². The van der Waals surface area contributed by atoms with Crippen LogP contribution in [0.5, 0.6) is 11.5 Å². The molecule has 1 saturated heterocycles. The minimum absolute atomic E-state index is 0.0257. The molecule has 0 radical (unpaired) electrons. The van der Waals surface area contributed by atoms with Gasteiger partial charge >= 0.3 is 0 Å². The van der Waals surface area contributed by atoms with E-state index in [0.29, 0.717) is 42.5 Å². The first-order valence-corrected chi connectivity index (χ1v) is 13.0. The third-order valence-electron chi connectivity index (χ3n) is 6.73. The van der Waals surface area contributed by atoms with E-state index in [0.717, 1.165) is 44.8 Å². The predicted octanol–water partition coefficient (Wildman–Crippen LogP) is 3.40. The molecular weight excluding hydrogens is 486 g/mol. The van der Waals surface area contributed by atoms with Crippen LogP contribution in [0.4, 0.5) is 0 Å². The number of morpholine rings is 1. The molecule has 200 valence electrons. The fourth-order valence-corrected chi connectivity index (χ4v) is 4.67. The van der Waals surface area contributed by atoms with Crippen LogP contribution in [0.2, 0.25) is 0 Å². The molecule has 0 unspecified atom stereocenters. The van der Waals surface area contributed by atoms with Crippen molar-refractivity contribution >= 4 is 11.8 Å². The van der Waals surface area contributed by atoms with Crippen LogP contribution in [0.15, 0.2) is 71.3 Å². The summed E-state index contributed by atoms with van der Waals surface area (Å²) in [5.41, 5.74) is 1.47. The number of fused-ring (bicyclic) bond motifs is 1. The normalized spacial score (nSPS) is 14.8. The van der Waals surface area contributed by atoms with Crippen molar-refractivity contribution in [1.82, 2.24) is 14.7 Å². The Bertz CT molecular complexity index is 1190. The van der Waals surface area contributed by atoms with Crippen LogP contribution in [0.1, 0.15) is 28.1 Å². The van der Waals surface area contributed by atoms with Crippen LogP contribution in [0.3, 0.4) is 0 Å². The van der Waals surface area contributed by atoms with Gasteiger partial charge in [-0.3, -0.25) is 14.5 Å². The van der Waals surface area contributed by atoms with E-state index >= 15 is 0 Å². The Balaban J connectivity index is 1.30. The van der Waals surface area contributed by atoms with Gasteiger partial charge < -0.3 is 28.4 Å². The molecule has 2 aliphatic heterocycles. The molecule has 2 amide bonds. The highest BCUT2D eigenvalue weighted by Crippen LogP contribution is 2.33. The maximum atomic E-state index is 13.7. The second-order valence-corrected chi connectivity index (χ2v) is 9.42. The molecule has 0 atom stereocenters. The van der Waals surface area contributed by atoms with E-state index < -0.39 is 0 Å². The number of hydrogen-bond donors (Lipinski definition) is 0. The molecule has 9 nitrogen and oxygen atoms in total. The molecule has 3 heterocycles. The summed E-state index contributed by atoms with van der Waals surface area (Å²) in [6.45, 7) is 5.37. The highest BCUT2D eigenvalue weighted by molar-refractivity contribution is 5.96. The average Bonchev–Trinajstić information content (AvgIpc) is 3.65. The van der Waals surface area contributed by atoms with Crippen LogP contribution in [-0.4, -0.2) is 79.2 Å². The standard InChI is InChI=1S/C29H33N3O6/c33-28(32(20-25-8-4-15-36-25)19-23-9-10-26-27(18-23)38-22-37-26)21-31(29(34)24-6-2-1-3-7-24)12-5-11-30-13-16-35-17-14-30/h1-4,6-10,15,18H,5,11-14,16-17,19-22H2. The number of furan rings is 1. The van der Waals surface area contributed by atoms with Gasteiger partial charge in [-0.15, -0.1) is 0 Å². The molecule has 0 saturated carbocycles. The third-order valence-corrected chi connectivity index (χ3v) is 6.73. The van der Waals surface area contributed by atoms with Crippen LogP contribution in [0, 0.1) is 0 Å². The van der Waals surface area contributed by atoms with Gasteiger partial charge in [-0.05, 0) is 48.4 Å². The number of hydrogen-bond acceptors (Lipinski definition) is 7. The van der Waals surface area contributed by atoms with E-state index in [1.54, 1.807) is 34.3 Å². The summed E-state index contributed by atoms with van der Waals surface area (Å²) in [4.78, 5) is 32.9. The van der Waals surface area contributed by atoms with Crippen LogP contribution in [-0.2, 0) is 22.6 Å². The molecule has 0 N–H and O–H groups in total. The molecule has 1 fully saturated rings. The first-order chi connectivity index (χ1) is 18.7. The Morgan fingerprint density at radius 2 is 1.68 bits per heavy atom. The van der Waals surface area contributed by atoms with Gasteiger partial charge in [0.15, 0.2) is 11.5 Å². The first kappa shape index (κ1) is 25.8. The van der Waals surface area contributed by atoms with Crippen LogP contribution < -0.4 is 9.47 Å². The van der Waals surface area contributed by atoms with Crippen LogP contribution >= 0.6 is 0 Å². The molecular formula is C29H33N3O6. The summed E-state index contributed by atoms with van der Waals surface area (Å²) in [6.07, 6.45) is 2.36. The van der Waals surface area contributed by atoms with E-state index in [1.807, 2.05) is 42.5 Å². The van der Waals surface area contributed by atoms with Crippen molar-refractivity contribution in [3.05, 3.63) is 83.8 Å². The number of carbonyl (C=O) groups is 2. The zero-order valence-electron chi connectivity index (χ0n) is 21.4. The molecule has 5 rings (SSSR count). The second kappa shape index (κ2) is 12.6. The lowest BCUT2D eigenvalue weighted by atomic mass is 10.1. The monoisotopic (exact) mass is 519 g/mol. The summed E-state index contributed by atoms with van der Waals surface area (Å²) in [5, 5.41) is 0. The number of rotatable bonds is 11. The third kappa shape index (κ3) is 6.73. The van der Waals surface area contributed by atoms with Gasteiger partial charge in [0.25, 0.3) is 5.91 Å². The van der Waals surface area contributed by atoms with Gasteiger partial charge in [-0.25, -0.2) is 0 Å². The largest absolute Gasteiger partial charge is 0.467 e. The second-order valence-electron chi connectivity index (χ2n) is 9.42. The number of nitrogens with zero attached hydrogens (tertiary/aromatic N) is 3. The zero-order chi connectivity index (χ0) is 26.2. The fourth-order valence-electron chi connectivity index (χ4n) is 4.67. The molecule has 2 aliphatic rings. The minimum Gasteiger partial charge on any atom is -0.467 e. The van der Waals surface area contributed by atoms with Crippen molar-refractivity contribution in [2.45, 2.75) is 19.5 Å². The van der Waals surface area contributed by atoms with Crippen molar-refractivity contribution < 1.29 is 28.2 Å². The summed E-state index contributed by atoms with van der Waals surface area (Å²) in [7, 11) is 0. The smallest absolute Gasteiger partial charge is 0.254 e. The fraction of sp³-hybridized carbons (Fsp3) is 0.379. The highest BCUT2D eigenvalue weighted by atomic mass is 16.7. The maximum Gasteiger partial charge on any atom is 0.254 e. The summed E-state index contributed by atoms with van der Waals surface area (Å²) < 4.78 is 21.9. The first-order valence-electron chi connectivity index (χ1n) is 13.0. The lowest BCUT2D eigenvalue weighted by Gasteiger charge is -2.30. The number of amides is 2. The average molecular weight is 520 g/mol.